The van der Waals surface area contributed by atoms with Gasteiger partial charge in [0.05, 0.1) is 11.3 Å². The number of amides is 2. The van der Waals surface area contributed by atoms with E-state index in [1.54, 1.807) is 24.3 Å². The van der Waals surface area contributed by atoms with Crippen molar-refractivity contribution in [1.82, 2.24) is 5.43 Å². The minimum Gasteiger partial charge on any atom is -0.398 e. The van der Waals surface area contributed by atoms with Gasteiger partial charge in [0.1, 0.15) is 0 Å². The summed E-state index contributed by atoms with van der Waals surface area (Å²) in [4.78, 5) is 23.6. The molecule has 0 aliphatic carbocycles. The van der Waals surface area contributed by atoms with Crippen molar-refractivity contribution in [2.45, 2.75) is 13.3 Å². The molecule has 0 bridgehead atoms. The van der Waals surface area contributed by atoms with Gasteiger partial charge in [-0.2, -0.15) is 5.10 Å². The lowest BCUT2D eigenvalue weighted by Crippen LogP contribution is -2.31. The SMILES string of the molecule is CC1CC(=O)NN=C1c1ccc(NC(=O)c2ccc(Cl)cc2N)cc1. The Hall–Kier alpha value is -2.86. The Kier molecular flexibility index (Phi) is 4.72. The third-order valence-corrected chi connectivity index (χ3v) is 4.19. The summed E-state index contributed by atoms with van der Waals surface area (Å²) in [7, 11) is 0. The number of carbonyl (C=O) groups is 2. The lowest BCUT2D eigenvalue weighted by atomic mass is 9.94. The minimum absolute atomic E-state index is 0.0445. The molecule has 128 valence electrons. The maximum atomic E-state index is 12.3. The topological polar surface area (TPSA) is 96.6 Å². The number of carbonyl (C=O) groups excluding carboxylic acids is 2. The van der Waals surface area contributed by atoms with Crippen LogP contribution in [0.3, 0.4) is 0 Å². The molecule has 25 heavy (non-hydrogen) atoms. The second-order valence-corrected chi connectivity index (χ2v) is 6.34. The summed E-state index contributed by atoms with van der Waals surface area (Å²) < 4.78 is 0. The number of hydrogen-bond donors (Lipinski definition) is 3. The first-order valence-electron chi connectivity index (χ1n) is 7.77. The van der Waals surface area contributed by atoms with Crippen LogP contribution in [0, 0.1) is 5.92 Å². The van der Waals surface area contributed by atoms with E-state index in [-0.39, 0.29) is 17.7 Å². The van der Waals surface area contributed by atoms with Gasteiger partial charge in [-0.15, -0.1) is 0 Å². The van der Waals surface area contributed by atoms with E-state index >= 15 is 0 Å². The molecule has 2 aromatic rings. The van der Waals surface area contributed by atoms with Gasteiger partial charge in [-0.05, 0) is 35.9 Å². The van der Waals surface area contributed by atoms with E-state index in [1.807, 2.05) is 19.1 Å². The van der Waals surface area contributed by atoms with Crippen LogP contribution >= 0.6 is 11.6 Å². The fourth-order valence-electron chi connectivity index (χ4n) is 2.67. The van der Waals surface area contributed by atoms with Crippen molar-refractivity contribution in [3.05, 3.63) is 58.6 Å². The van der Waals surface area contributed by atoms with Gasteiger partial charge in [0, 0.05) is 28.7 Å². The van der Waals surface area contributed by atoms with Crippen LogP contribution in [0.1, 0.15) is 29.3 Å². The molecule has 6 nitrogen and oxygen atoms in total. The molecule has 0 spiro atoms. The largest absolute Gasteiger partial charge is 0.398 e. The highest BCUT2D eigenvalue weighted by Gasteiger charge is 2.21. The molecule has 0 aromatic heterocycles. The normalized spacial score (nSPS) is 16.8. The number of anilines is 2. The van der Waals surface area contributed by atoms with Crippen LogP contribution in [-0.4, -0.2) is 17.5 Å². The summed E-state index contributed by atoms with van der Waals surface area (Å²) in [6.07, 6.45) is 0.410. The van der Waals surface area contributed by atoms with Gasteiger partial charge in [-0.25, -0.2) is 5.43 Å². The summed E-state index contributed by atoms with van der Waals surface area (Å²) in [5.41, 5.74) is 11.4. The van der Waals surface area contributed by atoms with Crippen LogP contribution in [0.15, 0.2) is 47.6 Å². The Balaban J connectivity index is 1.74. The highest BCUT2D eigenvalue weighted by molar-refractivity contribution is 6.31. The third kappa shape index (κ3) is 3.80. The van der Waals surface area contributed by atoms with Crippen molar-refractivity contribution in [3.63, 3.8) is 0 Å². The molecule has 2 amide bonds. The average Bonchev–Trinajstić information content (AvgIpc) is 2.55. The van der Waals surface area contributed by atoms with Gasteiger partial charge in [0.25, 0.3) is 5.91 Å². The van der Waals surface area contributed by atoms with Crippen molar-refractivity contribution in [3.8, 4) is 0 Å². The smallest absolute Gasteiger partial charge is 0.257 e. The molecule has 7 heteroatoms. The van der Waals surface area contributed by atoms with Crippen molar-refractivity contribution in [1.29, 1.82) is 0 Å². The minimum atomic E-state index is -0.308. The van der Waals surface area contributed by atoms with Crippen LogP contribution in [-0.2, 0) is 4.79 Å². The van der Waals surface area contributed by atoms with Crippen molar-refractivity contribution >= 4 is 40.5 Å². The fraction of sp³-hybridized carbons (Fsp3) is 0.167. The predicted octanol–water partition coefficient (Wildman–Crippen LogP) is 3.03. The monoisotopic (exact) mass is 356 g/mol. The third-order valence-electron chi connectivity index (χ3n) is 3.96. The molecule has 4 N–H and O–H groups in total. The van der Waals surface area contributed by atoms with Crippen LogP contribution in [0.25, 0.3) is 0 Å². The molecule has 0 saturated heterocycles. The summed E-state index contributed by atoms with van der Waals surface area (Å²) in [6.45, 7) is 1.95. The molecule has 1 heterocycles. The summed E-state index contributed by atoms with van der Waals surface area (Å²) in [5, 5.41) is 7.40. The Bertz CT molecular complexity index is 862. The van der Waals surface area contributed by atoms with E-state index in [0.29, 0.717) is 28.4 Å². The zero-order valence-corrected chi connectivity index (χ0v) is 14.3. The van der Waals surface area contributed by atoms with Crippen LogP contribution < -0.4 is 16.5 Å². The average molecular weight is 357 g/mol. The van der Waals surface area contributed by atoms with E-state index in [9.17, 15) is 9.59 Å². The first-order chi connectivity index (χ1) is 11.9. The number of hydrogen-bond acceptors (Lipinski definition) is 4. The predicted molar refractivity (Wildman–Crippen MR) is 98.7 cm³/mol. The molecule has 3 rings (SSSR count). The number of nitrogens with zero attached hydrogens (tertiary/aromatic N) is 1. The molecular formula is C18H17ClN4O2. The first kappa shape index (κ1) is 17.0. The number of nitrogens with one attached hydrogen (secondary N) is 2. The molecular weight excluding hydrogens is 340 g/mol. The highest BCUT2D eigenvalue weighted by atomic mass is 35.5. The van der Waals surface area contributed by atoms with Crippen molar-refractivity contribution in [2.75, 3.05) is 11.1 Å². The number of nitrogens with two attached hydrogens (primary N) is 1. The second kappa shape index (κ2) is 6.94. The van der Waals surface area contributed by atoms with Crippen LogP contribution in [0.5, 0.6) is 0 Å². The molecule has 1 unspecified atom stereocenters. The van der Waals surface area contributed by atoms with Gasteiger partial charge < -0.3 is 11.1 Å². The maximum Gasteiger partial charge on any atom is 0.257 e. The highest BCUT2D eigenvalue weighted by Crippen LogP contribution is 2.21. The van der Waals surface area contributed by atoms with E-state index in [2.05, 4.69) is 15.8 Å². The summed E-state index contributed by atoms with van der Waals surface area (Å²) in [6, 6.07) is 12.0. The number of halogens is 1. The van der Waals surface area contributed by atoms with Gasteiger partial charge in [-0.3, -0.25) is 9.59 Å². The molecule has 1 aliphatic heterocycles. The second-order valence-electron chi connectivity index (χ2n) is 5.90. The lowest BCUT2D eigenvalue weighted by molar-refractivity contribution is -0.121. The lowest BCUT2D eigenvalue weighted by Gasteiger charge is -2.19. The summed E-state index contributed by atoms with van der Waals surface area (Å²) in [5.74, 6) is -0.346. The van der Waals surface area contributed by atoms with Gasteiger partial charge >= 0.3 is 0 Å². The maximum absolute atomic E-state index is 12.3. The number of nitrogen functional groups attached to an aromatic ring is 1. The molecule has 2 aromatic carbocycles. The number of benzene rings is 2. The Morgan fingerprint density at radius 2 is 2.00 bits per heavy atom. The number of hydrazone groups is 1. The molecule has 0 fully saturated rings. The van der Waals surface area contributed by atoms with Gasteiger partial charge in [0.15, 0.2) is 0 Å². The summed E-state index contributed by atoms with van der Waals surface area (Å²) >= 11 is 5.84. The first-order valence-corrected chi connectivity index (χ1v) is 8.15. The Morgan fingerprint density at radius 3 is 2.64 bits per heavy atom. The van der Waals surface area contributed by atoms with Gasteiger partial charge in [-0.1, -0.05) is 30.7 Å². The van der Waals surface area contributed by atoms with E-state index < -0.39 is 0 Å². The molecule has 1 atom stereocenters. The van der Waals surface area contributed by atoms with E-state index in [4.69, 9.17) is 17.3 Å². The Labute approximate surface area is 150 Å². The van der Waals surface area contributed by atoms with E-state index in [1.165, 1.54) is 6.07 Å². The standard InChI is InChI=1S/C18H17ClN4O2/c1-10-8-16(24)22-23-17(10)11-2-5-13(6-3-11)21-18(25)14-7-4-12(19)9-15(14)20/h2-7,9-10H,8,20H2,1H3,(H,21,25)(H,22,24). The van der Waals surface area contributed by atoms with Crippen LogP contribution in [0.4, 0.5) is 11.4 Å². The fourth-order valence-corrected chi connectivity index (χ4v) is 2.85. The zero-order chi connectivity index (χ0) is 18.0. The van der Waals surface area contributed by atoms with Crippen molar-refractivity contribution in [2.24, 2.45) is 11.0 Å². The zero-order valence-electron chi connectivity index (χ0n) is 13.5. The van der Waals surface area contributed by atoms with E-state index in [0.717, 1.165) is 11.3 Å². The molecule has 0 saturated carbocycles. The molecule has 1 aliphatic rings. The molecule has 0 radical (unpaired) electrons. The van der Waals surface area contributed by atoms with Crippen LogP contribution in [0.2, 0.25) is 5.02 Å². The van der Waals surface area contributed by atoms with Gasteiger partial charge in [0.2, 0.25) is 5.91 Å². The quantitative estimate of drug-likeness (QED) is 0.737. The number of rotatable bonds is 3. The van der Waals surface area contributed by atoms with Crippen molar-refractivity contribution < 1.29 is 9.59 Å². The Morgan fingerprint density at radius 1 is 1.28 bits per heavy atom.